The van der Waals surface area contributed by atoms with Gasteiger partial charge >= 0.3 is 0 Å². The van der Waals surface area contributed by atoms with Crippen LogP contribution in [0, 0.1) is 5.92 Å². The van der Waals surface area contributed by atoms with Crippen LogP contribution in [-0.4, -0.2) is 38.8 Å². The Labute approximate surface area is 214 Å². The predicted molar refractivity (Wildman–Crippen MR) is 148 cm³/mol. The molecule has 0 aromatic heterocycles. The second kappa shape index (κ2) is 14.7. The van der Waals surface area contributed by atoms with Gasteiger partial charge in [0.1, 0.15) is 0 Å². The smallest absolute Gasteiger partial charge is 0.191 e. The molecule has 3 atom stereocenters. The molecular formula is C30H46O4Si. The molecule has 0 radical (unpaired) electrons. The van der Waals surface area contributed by atoms with Crippen molar-refractivity contribution in [2.24, 2.45) is 5.92 Å². The number of aliphatic hydroxyl groups is 1. The highest BCUT2D eigenvalue weighted by Gasteiger charge is 2.37. The fourth-order valence-electron chi connectivity index (χ4n) is 3.72. The average molecular weight is 499 g/mol. The standard InChI is InChI=1S/C30H46O4Si/c1-7-28(31)27(20-14-15-21-34-35(5,6)30(2,3)4)29(33-23-26-18-12-9-13-19-26)24-32-22-25-16-10-8-11-17-25/h7-13,16-19,27-29,31H,1,14-15,20-24H2,2-6H3/t27-,28-,29-/m0/s1. The van der Waals surface area contributed by atoms with Gasteiger partial charge in [-0.2, -0.15) is 0 Å². The van der Waals surface area contributed by atoms with Crippen molar-refractivity contribution in [2.75, 3.05) is 13.2 Å². The van der Waals surface area contributed by atoms with Gasteiger partial charge in [-0.15, -0.1) is 6.58 Å². The Morgan fingerprint density at radius 1 is 0.914 bits per heavy atom. The van der Waals surface area contributed by atoms with Crippen LogP contribution in [0.5, 0.6) is 0 Å². The summed E-state index contributed by atoms with van der Waals surface area (Å²) in [5.74, 6) is -0.0974. The lowest BCUT2D eigenvalue weighted by atomic mass is 9.90. The van der Waals surface area contributed by atoms with Crippen LogP contribution in [0.4, 0.5) is 0 Å². The van der Waals surface area contributed by atoms with Gasteiger partial charge in [-0.1, -0.05) is 93.9 Å². The molecule has 0 aliphatic rings. The Balaban J connectivity index is 1.98. The fourth-order valence-corrected chi connectivity index (χ4v) is 4.80. The number of aliphatic hydroxyl groups excluding tert-OH is 1. The number of unbranched alkanes of at least 4 members (excludes halogenated alkanes) is 1. The topological polar surface area (TPSA) is 47.9 Å². The number of benzene rings is 2. The van der Waals surface area contributed by atoms with E-state index in [2.05, 4.69) is 64.7 Å². The molecule has 2 aromatic rings. The van der Waals surface area contributed by atoms with Gasteiger partial charge in [-0.3, -0.25) is 0 Å². The normalized spacial score (nSPS) is 14.9. The van der Waals surface area contributed by atoms with Gasteiger partial charge in [0.05, 0.1) is 32.0 Å². The molecule has 0 spiro atoms. The minimum Gasteiger partial charge on any atom is -0.417 e. The summed E-state index contributed by atoms with van der Waals surface area (Å²) >= 11 is 0. The minimum atomic E-state index is -1.74. The number of hydrogen-bond donors (Lipinski definition) is 1. The van der Waals surface area contributed by atoms with Gasteiger partial charge < -0.3 is 19.0 Å². The largest absolute Gasteiger partial charge is 0.417 e. The minimum absolute atomic E-state index is 0.0974. The molecule has 0 saturated carbocycles. The zero-order valence-electron chi connectivity index (χ0n) is 22.4. The summed E-state index contributed by atoms with van der Waals surface area (Å²) in [4.78, 5) is 0. The molecule has 5 heteroatoms. The molecule has 0 unspecified atom stereocenters. The van der Waals surface area contributed by atoms with E-state index in [0.29, 0.717) is 19.8 Å². The second-order valence-corrected chi connectivity index (χ2v) is 15.6. The predicted octanol–water partition coefficient (Wildman–Crippen LogP) is 7.14. The van der Waals surface area contributed by atoms with Gasteiger partial charge in [0.15, 0.2) is 8.32 Å². The van der Waals surface area contributed by atoms with Gasteiger partial charge in [0.2, 0.25) is 0 Å². The fraction of sp³-hybridized carbons (Fsp3) is 0.533. The molecule has 1 N–H and O–H groups in total. The third-order valence-electron chi connectivity index (χ3n) is 7.06. The van der Waals surface area contributed by atoms with E-state index in [1.807, 2.05) is 36.4 Å². The highest BCUT2D eigenvalue weighted by molar-refractivity contribution is 6.74. The summed E-state index contributed by atoms with van der Waals surface area (Å²) in [6, 6.07) is 20.3. The number of hydrogen-bond acceptors (Lipinski definition) is 4. The summed E-state index contributed by atoms with van der Waals surface area (Å²) in [5, 5.41) is 11.0. The first-order valence-corrected chi connectivity index (χ1v) is 15.8. The summed E-state index contributed by atoms with van der Waals surface area (Å²) in [7, 11) is -1.74. The van der Waals surface area contributed by atoms with E-state index in [4.69, 9.17) is 13.9 Å². The van der Waals surface area contributed by atoms with Crippen molar-refractivity contribution in [1.29, 1.82) is 0 Å². The van der Waals surface area contributed by atoms with E-state index in [9.17, 15) is 5.11 Å². The van der Waals surface area contributed by atoms with Crippen molar-refractivity contribution in [3.8, 4) is 0 Å². The van der Waals surface area contributed by atoms with Crippen LogP contribution in [0.3, 0.4) is 0 Å². The molecule has 2 aromatic carbocycles. The number of ether oxygens (including phenoxy) is 2. The van der Waals surface area contributed by atoms with Gasteiger partial charge in [0, 0.05) is 12.5 Å². The average Bonchev–Trinajstić information content (AvgIpc) is 2.84. The van der Waals surface area contributed by atoms with Crippen molar-refractivity contribution >= 4 is 8.32 Å². The highest BCUT2D eigenvalue weighted by Crippen LogP contribution is 2.36. The molecule has 0 heterocycles. The van der Waals surface area contributed by atoms with E-state index in [0.717, 1.165) is 37.0 Å². The van der Waals surface area contributed by atoms with Crippen LogP contribution in [0.2, 0.25) is 18.1 Å². The third kappa shape index (κ3) is 10.4. The maximum absolute atomic E-state index is 10.8. The van der Waals surface area contributed by atoms with E-state index < -0.39 is 14.4 Å². The molecule has 0 fully saturated rings. The Hall–Kier alpha value is -1.76. The molecule has 0 amide bonds. The lowest BCUT2D eigenvalue weighted by molar-refractivity contribution is -0.0819. The van der Waals surface area contributed by atoms with Gasteiger partial charge in [0.25, 0.3) is 0 Å². The Bertz CT molecular complexity index is 832. The summed E-state index contributed by atoms with van der Waals surface area (Å²) in [6.07, 6.45) is 3.46. The quantitative estimate of drug-likeness (QED) is 0.152. The van der Waals surface area contributed by atoms with E-state index in [-0.39, 0.29) is 17.1 Å². The molecule has 2 rings (SSSR count). The summed E-state index contributed by atoms with van der Waals surface area (Å²) in [6.45, 7) is 17.4. The van der Waals surface area contributed by atoms with Crippen LogP contribution in [-0.2, 0) is 27.1 Å². The van der Waals surface area contributed by atoms with Crippen LogP contribution in [0.25, 0.3) is 0 Å². The van der Waals surface area contributed by atoms with E-state index >= 15 is 0 Å². The van der Waals surface area contributed by atoms with Crippen molar-refractivity contribution in [2.45, 2.75) is 83.6 Å². The zero-order valence-corrected chi connectivity index (χ0v) is 23.4. The first kappa shape index (κ1) is 29.5. The molecule has 194 valence electrons. The second-order valence-electron chi connectivity index (χ2n) is 10.8. The van der Waals surface area contributed by atoms with E-state index in [1.54, 1.807) is 6.08 Å². The maximum atomic E-state index is 10.8. The first-order chi connectivity index (χ1) is 16.6. The Morgan fingerprint density at radius 3 is 2.03 bits per heavy atom. The highest BCUT2D eigenvalue weighted by atomic mass is 28.4. The lowest BCUT2D eigenvalue weighted by Crippen LogP contribution is -2.41. The molecule has 0 aliphatic carbocycles. The molecule has 4 nitrogen and oxygen atoms in total. The van der Waals surface area contributed by atoms with Crippen LogP contribution in [0.15, 0.2) is 73.3 Å². The van der Waals surface area contributed by atoms with Gasteiger partial charge in [-0.25, -0.2) is 0 Å². The van der Waals surface area contributed by atoms with Crippen molar-refractivity contribution in [1.82, 2.24) is 0 Å². The van der Waals surface area contributed by atoms with Crippen molar-refractivity contribution in [3.05, 3.63) is 84.4 Å². The molecule has 0 bridgehead atoms. The van der Waals surface area contributed by atoms with E-state index in [1.165, 1.54) is 0 Å². The van der Waals surface area contributed by atoms with Gasteiger partial charge in [-0.05, 0) is 42.1 Å². The third-order valence-corrected chi connectivity index (χ3v) is 11.6. The maximum Gasteiger partial charge on any atom is 0.191 e. The Kier molecular flexibility index (Phi) is 12.4. The molecule has 0 saturated heterocycles. The van der Waals surface area contributed by atoms with Crippen molar-refractivity contribution in [3.63, 3.8) is 0 Å². The first-order valence-electron chi connectivity index (χ1n) is 12.9. The monoisotopic (exact) mass is 498 g/mol. The Morgan fingerprint density at radius 2 is 1.49 bits per heavy atom. The lowest BCUT2D eigenvalue weighted by Gasteiger charge is -2.36. The van der Waals surface area contributed by atoms with Crippen LogP contribution in [0.1, 0.15) is 51.2 Å². The summed E-state index contributed by atoms with van der Waals surface area (Å²) < 4.78 is 18.8. The zero-order chi connectivity index (χ0) is 25.7. The van der Waals surface area contributed by atoms with Crippen molar-refractivity contribution < 1.29 is 19.0 Å². The molecular weight excluding hydrogens is 452 g/mol. The van der Waals surface area contributed by atoms with Crippen LogP contribution >= 0.6 is 0 Å². The SMILES string of the molecule is C=C[C@H](O)[C@H](CCCCO[Si](C)(C)C(C)(C)C)[C@H](COCc1ccccc1)OCc1ccccc1. The van der Waals surface area contributed by atoms with Crippen LogP contribution < -0.4 is 0 Å². The molecule has 0 aliphatic heterocycles. The molecule has 35 heavy (non-hydrogen) atoms. The number of rotatable bonds is 16. The summed E-state index contributed by atoms with van der Waals surface area (Å²) in [5.41, 5.74) is 2.23.